The van der Waals surface area contributed by atoms with E-state index in [9.17, 15) is 0 Å². The van der Waals surface area contributed by atoms with E-state index in [1.54, 1.807) is 11.8 Å². The van der Waals surface area contributed by atoms with E-state index in [4.69, 9.17) is 15.9 Å². The van der Waals surface area contributed by atoms with Crippen LogP contribution in [0.2, 0.25) is 0 Å². The molecule has 4 N–H and O–H groups in total. The topological polar surface area (TPSA) is 96.4 Å². The van der Waals surface area contributed by atoms with E-state index in [1.807, 2.05) is 5.38 Å². The van der Waals surface area contributed by atoms with Crippen LogP contribution in [-0.4, -0.2) is 36.2 Å². The highest BCUT2D eigenvalue weighted by molar-refractivity contribution is 7.98. The molecule has 1 heterocycles. The number of nitrogens with one attached hydrogen (secondary N) is 2. The van der Waals surface area contributed by atoms with Crippen molar-refractivity contribution in [2.45, 2.75) is 31.9 Å². The second-order valence-corrected chi connectivity index (χ2v) is 6.28. The Morgan fingerprint density at radius 2 is 2.43 bits per heavy atom. The molecule has 0 saturated heterocycles. The summed E-state index contributed by atoms with van der Waals surface area (Å²) in [6.07, 6.45) is 2.79. The van der Waals surface area contributed by atoms with Gasteiger partial charge in [0.05, 0.1) is 12.8 Å². The minimum absolute atomic E-state index is 0.319. The minimum atomic E-state index is 0.319. The molecule has 0 amide bonds. The Kier molecular flexibility index (Phi) is 8.84. The Morgan fingerprint density at radius 3 is 3.14 bits per heavy atom. The number of aromatic nitrogens is 1. The minimum Gasteiger partial charge on any atom is -0.484 e. The van der Waals surface area contributed by atoms with Crippen LogP contribution in [0.3, 0.4) is 0 Å². The van der Waals surface area contributed by atoms with Crippen molar-refractivity contribution in [2.75, 3.05) is 24.7 Å². The first-order valence-corrected chi connectivity index (χ1v) is 8.89. The smallest absolute Gasteiger partial charge is 0.194 e. The number of methoxy groups -OCH3 is 1. The summed E-state index contributed by atoms with van der Waals surface area (Å²) in [7, 11) is 1.53. The van der Waals surface area contributed by atoms with Gasteiger partial charge in [0.15, 0.2) is 17.0 Å². The van der Waals surface area contributed by atoms with Gasteiger partial charge in [0.1, 0.15) is 0 Å². The average molecular weight is 329 g/mol. The zero-order valence-electron chi connectivity index (χ0n) is 12.5. The molecule has 0 saturated carbocycles. The molecule has 1 aromatic rings. The van der Waals surface area contributed by atoms with Crippen molar-refractivity contribution in [2.24, 2.45) is 10.7 Å². The normalized spacial score (nSPS) is 11.4. The summed E-state index contributed by atoms with van der Waals surface area (Å²) in [4.78, 5) is 8.69. The van der Waals surface area contributed by atoms with Crippen LogP contribution < -0.4 is 11.1 Å². The van der Waals surface area contributed by atoms with Gasteiger partial charge in [0.2, 0.25) is 0 Å². The number of anilines is 1. The monoisotopic (exact) mass is 329 g/mol. The van der Waals surface area contributed by atoms with Gasteiger partial charge in [0.25, 0.3) is 0 Å². The van der Waals surface area contributed by atoms with Crippen LogP contribution in [0.5, 0.6) is 0 Å². The van der Waals surface area contributed by atoms with E-state index in [0.29, 0.717) is 18.3 Å². The van der Waals surface area contributed by atoms with Gasteiger partial charge in [-0.1, -0.05) is 13.3 Å². The molecule has 0 radical (unpaired) electrons. The van der Waals surface area contributed by atoms with Gasteiger partial charge in [-0.05, 0) is 6.42 Å². The summed E-state index contributed by atoms with van der Waals surface area (Å²) in [5.74, 6) is 2.42. The second-order valence-electron chi connectivity index (χ2n) is 4.32. The third-order valence-electron chi connectivity index (χ3n) is 2.55. The number of ether oxygens (including phenoxy) is 1. The quantitative estimate of drug-likeness (QED) is 0.368. The number of unbranched alkanes of at least 4 members (excludes halogenated alkanes) is 1. The molecule has 0 bridgehead atoms. The molecule has 6 nitrogen and oxygen atoms in total. The predicted octanol–water partition coefficient (Wildman–Crippen LogP) is 2.92. The van der Waals surface area contributed by atoms with Crippen LogP contribution >= 0.6 is 23.1 Å². The lowest BCUT2D eigenvalue weighted by molar-refractivity contribution is 0.389. The Labute approximate surface area is 134 Å². The zero-order valence-corrected chi connectivity index (χ0v) is 14.1. The molecule has 0 atom stereocenters. The highest BCUT2D eigenvalue weighted by atomic mass is 32.2. The first kappa shape index (κ1) is 17.8. The summed E-state index contributed by atoms with van der Waals surface area (Å²) in [6.45, 7) is 2.87. The van der Waals surface area contributed by atoms with Gasteiger partial charge in [-0.15, -0.1) is 11.3 Å². The van der Waals surface area contributed by atoms with Crippen LogP contribution in [0.15, 0.2) is 10.4 Å². The van der Waals surface area contributed by atoms with E-state index < -0.39 is 0 Å². The molecule has 0 unspecified atom stereocenters. The van der Waals surface area contributed by atoms with Crippen molar-refractivity contribution in [3.05, 3.63) is 11.1 Å². The molecule has 8 heteroatoms. The molecule has 1 rings (SSSR count). The van der Waals surface area contributed by atoms with Crippen molar-refractivity contribution in [3.63, 3.8) is 0 Å². The van der Waals surface area contributed by atoms with Crippen molar-refractivity contribution in [3.8, 4) is 0 Å². The lowest BCUT2D eigenvalue weighted by Gasteiger charge is -2.02. The molecule has 118 valence electrons. The van der Waals surface area contributed by atoms with E-state index >= 15 is 0 Å². The number of guanidine groups is 1. The summed E-state index contributed by atoms with van der Waals surface area (Å²) < 4.78 is 4.81. The van der Waals surface area contributed by atoms with E-state index in [0.717, 1.165) is 41.7 Å². The van der Waals surface area contributed by atoms with Crippen LogP contribution in [0.25, 0.3) is 0 Å². The fourth-order valence-corrected chi connectivity index (χ4v) is 3.03. The van der Waals surface area contributed by atoms with Gasteiger partial charge >= 0.3 is 0 Å². The molecular weight excluding hydrogens is 306 g/mol. The number of aliphatic imine (C=N–C) groups is 1. The lowest BCUT2D eigenvalue weighted by atomic mass is 10.3. The standard InChI is InChI=1S/C13H23N5OS2/c1-3-4-6-16-12(15)18-13-17-10(9-21-13)8-20-7-5-11(14)19-2/h9,14H,3-8H2,1-2H3,(H3,15,16,17,18). The number of nitrogens with two attached hydrogens (primary N) is 1. The van der Waals surface area contributed by atoms with E-state index in [-0.39, 0.29) is 0 Å². The molecule has 0 spiro atoms. The number of thiazole rings is 1. The van der Waals surface area contributed by atoms with Crippen LogP contribution in [0, 0.1) is 5.41 Å². The molecule has 0 aliphatic carbocycles. The summed E-state index contributed by atoms with van der Waals surface area (Å²) >= 11 is 3.26. The van der Waals surface area contributed by atoms with Gasteiger partial charge < -0.3 is 15.8 Å². The Bertz CT molecular complexity index is 461. The summed E-state index contributed by atoms with van der Waals surface area (Å²) in [6, 6.07) is 0. The van der Waals surface area contributed by atoms with Crippen molar-refractivity contribution in [1.29, 1.82) is 5.41 Å². The third-order valence-corrected chi connectivity index (χ3v) is 4.35. The highest BCUT2D eigenvalue weighted by Gasteiger charge is 2.04. The van der Waals surface area contributed by atoms with Crippen LogP contribution in [0.4, 0.5) is 5.13 Å². The maximum atomic E-state index is 7.38. The Hall–Kier alpha value is -1.28. The van der Waals surface area contributed by atoms with Gasteiger partial charge in [-0.3, -0.25) is 10.4 Å². The van der Waals surface area contributed by atoms with E-state index in [2.05, 4.69) is 22.2 Å². The number of rotatable bonds is 9. The molecule has 0 fully saturated rings. The summed E-state index contributed by atoms with van der Waals surface area (Å²) in [5, 5.41) is 13.2. The number of hydrogen-bond donors (Lipinski definition) is 3. The third kappa shape index (κ3) is 7.91. The Morgan fingerprint density at radius 1 is 1.62 bits per heavy atom. The van der Waals surface area contributed by atoms with Crippen molar-refractivity contribution < 1.29 is 4.74 Å². The lowest BCUT2D eigenvalue weighted by Crippen LogP contribution is -2.22. The number of nitrogens with zero attached hydrogens (tertiary/aromatic N) is 2. The van der Waals surface area contributed by atoms with Crippen LogP contribution in [-0.2, 0) is 10.5 Å². The maximum Gasteiger partial charge on any atom is 0.194 e. The average Bonchev–Trinajstić information content (AvgIpc) is 2.91. The molecule has 1 aromatic heterocycles. The molecule has 0 aliphatic heterocycles. The zero-order chi connectivity index (χ0) is 15.5. The molecule has 0 aliphatic rings. The van der Waals surface area contributed by atoms with E-state index in [1.165, 1.54) is 18.4 Å². The first-order valence-electron chi connectivity index (χ1n) is 6.86. The number of thioether (sulfide) groups is 1. The van der Waals surface area contributed by atoms with Crippen molar-refractivity contribution >= 4 is 40.1 Å². The van der Waals surface area contributed by atoms with Gasteiger partial charge in [-0.2, -0.15) is 11.8 Å². The first-order chi connectivity index (χ1) is 10.2. The van der Waals surface area contributed by atoms with Crippen molar-refractivity contribution in [1.82, 2.24) is 4.98 Å². The fourth-order valence-electron chi connectivity index (χ4n) is 1.38. The fraction of sp³-hybridized carbons (Fsp3) is 0.615. The Balaban J connectivity index is 2.29. The largest absolute Gasteiger partial charge is 0.484 e. The molecule has 0 aromatic carbocycles. The van der Waals surface area contributed by atoms with Crippen LogP contribution in [0.1, 0.15) is 31.9 Å². The highest BCUT2D eigenvalue weighted by Crippen LogP contribution is 2.19. The molecular formula is C13H23N5OS2. The maximum absolute atomic E-state index is 7.38. The summed E-state index contributed by atoms with van der Waals surface area (Å²) in [5.41, 5.74) is 6.80. The molecule has 21 heavy (non-hydrogen) atoms. The number of hydrogen-bond acceptors (Lipinski definition) is 6. The van der Waals surface area contributed by atoms with Gasteiger partial charge in [-0.25, -0.2) is 4.98 Å². The SMILES string of the molecule is CCCCN=C(N)Nc1nc(CSCCC(=N)OC)cs1. The second kappa shape index (κ2) is 10.4. The van der Waals surface area contributed by atoms with Gasteiger partial charge in [0, 0.05) is 29.9 Å². The predicted molar refractivity (Wildman–Crippen MR) is 92.6 cm³/mol.